The minimum absolute atomic E-state index is 0.0587. The minimum Gasteiger partial charge on any atom is -0.492 e. The Morgan fingerprint density at radius 3 is 2.74 bits per heavy atom. The van der Waals surface area contributed by atoms with Crippen LogP contribution in [0.15, 0.2) is 47.2 Å². The number of esters is 1. The van der Waals surface area contributed by atoms with Crippen molar-refractivity contribution in [1.29, 1.82) is 0 Å². The van der Waals surface area contributed by atoms with E-state index in [1.807, 2.05) is 18.2 Å². The maximum atomic E-state index is 11.6. The first-order valence-electron chi connectivity index (χ1n) is 7.18. The van der Waals surface area contributed by atoms with Gasteiger partial charge in [0.15, 0.2) is 0 Å². The SMILES string of the molecule is CC1=C(C)C(O/C=C(/C(=O)O)C2COc3ccccc32)OC1=O. The van der Waals surface area contributed by atoms with E-state index in [1.54, 1.807) is 19.9 Å². The van der Waals surface area contributed by atoms with Gasteiger partial charge in [-0.3, -0.25) is 0 Å². The van der Waals surface area contributed by atoms with Gasteiger partial charge in [0.1, 0.15) is 5.75 Å². The summed E-state index contributed by atoms with van der Waals surface area (Å²) in [6, 6.07) is 7.28. The molecular weight excluding hydrogens is 300 g/mol. The summed E-state index contributed by atoms with van der Waals surface area (Å²) in [5.74, 6) is -1.31. The number of carbonyl (C=O) groups excluding carboxylic acids is 1. The molecule has 2 atom stereocenters. The van der Waals surface area contributed by atoms with Crippen LogP contribution in [0.2, 0.25) is 0 Å². The average molecular weight is 316 g/mol. The van der Waals surface area contributed by atoms with Crippen molar-refractivity contribution in [1.82, 2.24) is 0 Å². The largest absolute Gasteiger partial charge is 0.492 e. The molecule has 1 aromatic rings. The molecule has 0 fully saturated rings. The van der Waals surface area contributed by atoms with Crippen LogP contribution in [-0.4, -0.2) is 29.9 Å². The van der Waals surface area contributed by atoms with E-state index < -0.39 is 24.1 Å². The van der Waals surface area contributed by atoms with Gasteiger partial charge in [-0.15, -0.1) is 0 Å². The number of hydrogen-bond donors (Lipinski definition) is 1. The first kappa shape index (κ1) is 15.1. The summed E-state index contributed by atoms with van der Waals surface area (Å²) in [5, 5.41) is 9.48. The molecule has 0 spiro atoms. The van der Waals surface area contributed by atoms with E-state index in [0.29, 0.717) is 16.9 Å². The molecule has 2 aliphatic rings. The number of rotatable bonds is 4. The second-order valence-corrected chi connectivity index (χ2v) is 5.46. The fraction of sp³-hybridized carbons (Fsp3) is 0.294. The smallest absolute Gasteiger partial charge is 0.337 e. The zero-order chi connectivity index (χ0) is 16.6. The van der Waals surface area contributed by atoms with Crippen LogP contribution in [0.3, 0.4) is 0 Å². The molecule has 1 aromatic carbocycles. The average Bonchev–Trinajstić information content (AvgIpc) is 3.05. The van der Waals surface area contributed by atoms with Crippen molar-refractivity contribution in [2.75, 3.05) is 6.61 Å². The Balaban J connectivity index is 1.84. The number of ether oxygens (including phenoxy) is 3. The van der Waals surface area contributed by atoms with Crippen LogP contribution in [-0.2, 0) is 19.1 Å². The standard InChI is InChI=1S/C17H16O6/c1-9-10(2)17(23-16(9)20)22-8-13(15(18)19)12-7-21-14-6-4-3-5-11(12)14/h3-6,8,12,17H,7H2,1-2H3,(H,18,19)/b13-8+. The molecule has 2 heterocycles. The van der Waals surface area contributed by atoms with Gasteiger partial charge in [-0.2, -0.15) is 0 Å². The molecule has 2 unspecified atom stereocenters. The van der Waals surface area contributed by atoms with Crippen LogP contribution in [0.25, 0.3) is 0 Å². The van der Waals surface area contributed by atoms with Crippen LogP contribution >= 0.6 is 0 Å². The van der Waals surface area contributed by atoms with Crippen LogP contribution < -0.4 is 4.74 Å². The van der Waals surface area contributed by atoms with Gasteiger partial charge >= 0.3 is 11.9 Å². The number of para-hydroxylation sites is 1. The lowest BCUT2D eigenvalue weighted by atomic mass is 9.94. The maximum absolute atomic E-state index is 11.6. The molecule has 2 aliphatic heterocycles. The van der Waals surface area contributed by atoms with Crippen molar-refractivity contribution in [2.45, 2.75) is 26.1 Å². The lowest BCUT2D eigenvalue weighted by Gasteiger charge is -2.14. The third-order valence-electron chi connectivity index (χ3n) is 4.11. The van der Waals surface area contributed by atoms with Crippen LogP contribution in [0.5, 0.6) is 5.75 Å². The predicted molar refractivity (Wildman–Crippen MR) is 79.7 cm³/mol. The van der Waals surface area contributed by atoms with E-state index in [4.69, 9.17) is 14.2 Å². The molecule has 23 heavy (non-hydrogen) atoms. The van der Waals surface area contributed by atoms with E-state index in [2.05, 4.69) is 0 Å². The van der Waals surface area contributed by atoms with Gasteiger partial charge < -0.3 is 19.3 Å². The van der Waals surface area contributed by atoms with Gasteiger partial charge in [-0.05, 0) is 19.9 Å². The Morgan fingerprint density at radius 1 is 1.35 bits per heavy atom. The lowest BCUT2D eigenvalue weighted by Crippen LogP contribution is -2.17. The van der Waals surface area contributed by atoms with E-state index in [1.165, 1.54) is 0 Å². The number of carboxylic acids is 1. The van der Waals surface area contributed by atoms with Crippen molar-refractivity contribution in [3.63, 3.8) is 0 Å². The van der Waals surface area contributed by atoms with Gasteiger partial charge in [-0.1, -0.05) is 18.2 Å². The zero-order valence-corrected chi connectivity index (χ0v) is 12.7. The van der Waals surface area contributed by atoms with Crippen molar-refractivity contribution in [3.05, 3.63) is 52.8 Å². The van der Waals surface area contributed by atoms with Gasteiger partial charge in [0.05, 0.1) is 24.4 Å². The van der Waals surface area contributed by atoms with E-state index in [9.17, 15) is 14.7 Å². The van der Waals surface area contributed by atoms with Crippen molar-refractivity contribution >= 4 is 11.9 Å². The highest BCUT2D eigenvalue weighted by atomic mass is 16.7. The highest BCUT2D eigenvalue weighted by Crippen LogP contribution is 2.38. The Morgan fingerprint density at radius 2 is 2.09 bits per heavy atom. The van der Waals surface area contributed by atoms with Crippen molar-refractivity contribution < 1.29 is 28.9 Å². The summed E-state index contributed by atoms with van der Waals surface area (Å²) >= 11 is 0. The Bertz CT molecular complexity index is 730. The molecule has 1 N–H and O–H groups in total. The second kappa shape index (κ2) is 5.79. The normalized spacial score (nSPS) is 23.4. The summed E-state index contributed by atoms with van der Waals surface area (Å²) in [7, 11) is 0. The summed E-state index contributed by atoms with van der Waals surface area (Å²) in [6.45, 7) is 3.59. The zero-order valence-electron chi connectivity index (χ0n) is 12.7. The number of carboxylic acid groups (broad SMARTS) is 1. The van der Waals surface area contributed by atoms with Crippen LogP contribution in [0.1, 0.15) is 25.3 Å². The van der Waals surface area contributed by atoms with Gasteiger partial charge in [0.25, 0.3) is 6.29 Å². The molecule has 0 bridgehead atoms. The van der Waals surface area contributed by atoms with E-state index in [-0.39, 0.29) is 12.2 Å². The minimum atomic E-state index is -1.10. The fourth-order valence-electron chi connectivity index (χ4n) is 2.58. The van der Waals surface area contributed by atoms with Crippen molar-refractivity contribution in [3.8, 4) is 5.75 Å². The Kier molecular flexibility index (Phi) is 3.82. The number of carbonyl (C=O) groups is 2. The summed E-state index contributed by atoms with van der Waals surface area (Å²) in [4.78, 5) is 23.1. The highest BCUT2D eigenvalue weighted by molar-refractivity contribution is 5.91. The van der Waals surface area contributed by atoms with Gasteiger partial charge in [0.2, 0.25) is 0 Å². The number of cyclic esters (lactones) is 1. The lowest BCUT2D eigenvalue weighted by molar-refractivity contribution is -0.153. The summed E-state index contributed by atoms with van der Waals surface area (Å²) < 4.78 is 16.0. The molecule has 3 rings (SSSR count). The highest BCUT2D eigenvalue weighted by Gasteiger charge is 2.33. The van der Waals surface area contributed by atoms with Gasteiger partial charge in [-0.25, -0.2) is 9.59 Å². The summed E-state index contributed by atoms with van der Waals surface area (Å²) in [6.07, 6.45) is 0.271. The fourth-order valence-corrected chi connectivity index (χ4v) is 2.58. The first-order valence-corrected chi connectivity index (χ1v) is 7.18. The Labute approximate surface area is 133 Å². The molecule has 0 saturated carbocycles. The van der Waals surface area contributed by atoms with Crippen LogP contribution in [0.4, 0.5) is 0 Å². The second-order valence-electron chi connectivity index (χ2n) is 5.46. The molecule has 0 aromatic heterocycles. The number of aliphatic carboxylic acids is 1. The Hall–Kier alpha value is -2.76. The van der Waals surface area contributed by atoms with Crippen molar-refractivity contribution in [2.24, 2.45) is 0 Å². The van der Waals surface area contributed by atoms with Crippen LogP contribution in [0, 0.1) is 0 Å². The molecule has 0 aliphatic carbocycles. The molecular formula is C17H16O6. The quantitative estimate of drug-likeness (QED) is 0.522. The topological polar surface area (TPSA) is 82.1 Å². The van der Waals surface area contributed by atoms with E-state index >= 15 is 0 Å². The first-order chi connectivity index (χ1) is 11.0. The molecule has 6 heteroatoms. The molecule has 6 nitrogen and oxygen atoms in total. The third-order valence-corrected chi connectivity index (χ3v) is 4.11. The molecule has 120 valence electrons. The van der Waals surface area contributed by atoms with E-state index in [0.717, 1.165) is 11.8 Å². The van der Waals surface area contributed by atoms with Gasteiger partial charge in [0, 0.05) is 16.7 Å². The number of fused-ring (bicyclic) bond motifs is 1. The molecule has 0 saturated heterocycles. The number of hydrogen-bond acceptors (Lipinski definition) is 5. The molecule has 0 amide bonds. The number of benzene rings is 1. The predicted octanol–water partition coefficient (Wildman–Crippen LogP) is 2.37. The summed E-state index contributed by atoms with van der Waals surface area (Å²) in [5.41, 5.74) is 1.98. The third kappa shape index (κ3) is 2.67. The monoisotopic (exact) mass is 316 g/mol. The maximum Gasteiger partial charge on any atom is 0.337 e. The molecule has 0 radical (unpaired) electrons.